The Morgan fingerprint density at radius 2 is 1.95 bits per heavy atom. The molecule has 1 unspecified atom stereocenters. The summed E-state index contributed by atoms with van der Waals surface area (Å²) in [5.41, 5.74) is 5.66. The number of primary amides is 1. The third-order valence-electron chi connectivity index (χ3n) is 2.88. The SMILES string of the molecule is CCOC(=O)c1nnn(C(CC)C(N)=O)c1C(C)(C)C. The highest BCUT2D eigenvalue weighted by molar-refractivity contribution is 5.89. The van der Waals surface area contributed by atoms with E-state index in [1.807, 2.05) is 27.7 Å². The fourth-order valence-electron chi connectivity index (χ4n) is 2.04. The van der Waals surface area contributed by atoms with Crippen molar-refractivity contribution >= 4 is 11.9 Å². The van der Waals surface area contributed by atoms with Crippen molar-refractivity contribution in [2.75, 3.05) is 6.61 Å². The first kappa shape index (κ1) is 16.1. The van der Waals surface area contributed by atoms with Crippen LogP contribution in [0.1, 0.15) is 63.3 Å². The number of nitrogens with two attached hydrogens (primary N) is 1. The normalized spacial score (nSPS) is 13.1. The molecule has 1 aromatic heterocycles. The van der Waals surface area contributed by atoms with E-state index < -0.39 is 23.3 Å². The molecule has 1 aromatic rings. The topological polar surface area (TPSA) is 100 Å². The highest BCUT2D eigenvalue weighted by Gasteiger charge is 2.33. The number of hydrogen-bond acceptors (Lipinski definition) is 5. The minimum atomic E-state index is -0.625. The van der Waals surface area contributed by atoms with Gasteiger partial charge in [0, 0.05) is 5.41 Å². The molecule has 0 aromatic carbocycles. The number of carbonyl (C=O) groups excluding carboxylic acids is 2. The Bertz CT molecular complexity index is 502. The number of carbonyl (C=O) groups is 2. The first-order valence-electron chi connectivity index (χ1n) is 6.66. The van der Waals surface area contributed by atoms with Gasteiger partial charge in [0.25, 0.3) is 0 Å². The lowest BCUT2D eigenvalue weighted by molar-refractivity contribution is -0.121. The second-order valence-corrected chi connectivity index (χ2v) is 5.53. The molecule has 7 nitrogen and oxygen atoms in total. The van der Waals surface area contributed by atoms with Gasteiger partial charge in [0.15, 0.2) is 5.69 Å². The zero-order chi connectivity index (χ0) is 15.5. The summed E-state index contributed by atoms with van der Waals surface area (Å²) in [4.78, 5) is 23.5. The molecule has 1 amide bonds. The number of aromatic nitrogens is 3. The van der Waals surface area contributed by atoms with Crippen LogP contribution in [0.3, 0.4) is 0 Å². The maximum Gasteiger partial charge on any atom is 0.360 e. The van der Waals surface area contributed by atoms with Gasteiger partial charge in [0.1, 0.15) is 6.04 Å². The smallest absolute Gasteiger partial charge is 0.360 e. The highest BCUT2D eigenvalue weighted by atomic mass is 16.5. The fraction of sp³-hybridized carbons (Fsp3) is 0.692. The molecule has 0 spiro atoms. The molecule has 1 heterocycles. The fourth-order valence-corrected chi connectivity index (χ4v) is 2.04. The van der Waals surface area contributed by atoms with Crippen molar-refractivity contribution in [3.63, 3.8) is 0 Å². The number of rotatable bonds is 5. The molecule has 1 rings (SSSR count). The number of esters is 1. The lowest BCUT2D eigenvalue weighted by Gasteiger charge is -2.23. The van der Waals surface area contributed by atoms with Gasteiger partial charge in [-0.1, -0.05) is 32.9 Å². The van der Waals surface area contributed by atoms with Crippen molar-refractivity contribution in [2.24, 2.45) is 5.73 Å². The monoisotopic (exact) mass is 282 g/mol. The van der Waals surface area contributed by atoms with E-state index >= 15 is 0 Å². The van der Waals surface area contributed by atoms with Gasteiger partial charge in [-0.15, -0.1) is 5.10 Å². The second kappa shape index (κ2) is 6.02. The summed E-state index contributed by atoms with van der Waals surface area (Å²) in [6.07, 6.45) is 0.476. The van der Waals surface area contributed by atoms with Crippen LogP contribution >= 0.6 is 0 Å². The minimum absolute atomic E-state index is 0.138. The molecule has 0 saturated carbocycles. The zero-order valence-electron chi connectivity index (χ0n) is 12.6. The van der Waals surface area contributed by atoms with Gasteiger partial charge in [-0.25, -0.2) is 9.48 Å². The molecular formula is C13H22N4O3. The summed E-state index contributed by atoms with van der Waals surface area (Å²) in [7, 11) is 0. The predicted molar refractivity (Wildman–Crippen MR) is 73.2 cm³/mol. The van der Waals surface area contributed by atoms with Gasteiger partial charge in [-0.3, -0.25) is 4.79 Å². The predicted octanol–water partition coefficient (Wildman–Crippen LogP) is 1.19. The van der Waals surface area contributed by atoms with Crippen LogP contribution in [-0.2, 0) is 14.9 Å². The van der Waals surface area contributed by atoms with Gasteiger partial charge in [-0.2, -0.15) is 0 Å². The van der Waals surface area contributed by atoms with Gasteiger partial charge in [0.2, 0.25) is 5.91 Å². The van der Waals surface area contributed by atoms with E-state index in [0.717, 1.165) is 0 Å². The molecule has 0 aliphatic heterocycles. The van der Waals surface area contributed by atoms with E-state index in [9.17, 15) is 9.59 Å². The van der Waals surface area contributed by atoms with Gasteiger partial charge in [0.05, 0.1) is 12.3 Å². The summed E-state index contributed by atoms with van der Waals surface area (Å²) in [6.45, 7) is 9.54. The minimum Gasteiger partial charge on any atom is -0.461 e. The van der Waals surface area contributed by atoms with E-state index in [2.05, 4.69) is 10.3 Å². The molecule has 20 heavy (non-hydrogen) atoms. The number of hydrogen-bond donors (Lipinski definition) is 1. The number of nitrogens with zero attached hydrogens (tertiary/aromatic N) is 3. The summed E-state index contributed by atoms with van der Waals surface area (Å²) in [5, 5.41) is 7.83. The Balaban J connectivity index is 3.41. The summed E-state index contributed by atoms with van der Waals surface area (Å²) in [6, 6.07) is -0.625. The first-order valence-corrected chi connectivity index (χ1v) is 6.66. The van der Waals surface area contributed by atoms with Crippen molar-refractivity contribution in [1.29, 1.82) is 0 Å². The van der Waals surface area contributed by atoms with Crippen LogP contribution in [0.5, 0.6) is 0 Å². The maximum atomic E-state index is 12.0. The van der Waals surface area contributed by atoms with E-state index in [1.165, 1.54) is 4.68 Å². The molecular weight excluding hydrogens is 260 g/mol. The van der Waals surface area contributed by atoms with Crippen molar-refractivity contribution in [1.82, 2.24) is 15.0 Å². The average Bonchev–Trinajstić information content (AvgIpc) is 2.74. The van der Waals surface area contributed by atoms with Gasteiger partial charge < -0.3 is 10.5 Å². The second-order valence-electron chi connectivity index (χ2n) is 5.53. The van der Waals surface area contributed by atoms with Crippen LogP contribution in [0.4, 0.5) is 0 Å². The zero-order valence-corrected chi connectivity index (χ0v) is 12.6. The van der Waals surface area contributed by atoms with E-state index in [0.29, 0.717) is 12.1 Å². The van der Waals surface area contributed by atoms with Crippen molar-refractivity contribution in [3.8, 4) is 0 Å². The lowest BCUT2D eigenvalue weighted by atomic mass is 9.89. The first-order chi connectivity index (χ1) is 9.23. The summed E-state index contributed by atoms with van der Waals surface area (Å²) < 4.78 is 6.42. The summed E-state index contributed by atoms with van der Waals surface area (Å²) >= 11 is 0. The lowest BCUT2D eigenvalue weighted by Crippen LogP contribution is -2.31. The Labute approximate surface area is 118 Å². The van der Waals surface area contributed by atoms with E-state index in [4.69, 9.17) is 10.5 Å². The van der Waals surface area contributed by atoms with Crippen LogP contribution in [0, 0.1) is 0 Å². The standard InChI is InChI=1S/C13H22N4O3/c1-6-8(11(14)18)17-10(13(3,4)5)9(15-16-17)12(19)20-7-2/h8H,6-7H2,1-5H3,(H2,14,18). The average molecular weight is 282 g/mol. The highest BCUT2D eigenvalue weighted by Crippen LogP contribution is 2.28. The van der Waals surface area contributed by atoms with Crippen LogP contribution in [0.2, 0.25) is 0 Å². The Kier molecular flexibility index (Phi) is 4.86. The van der Waals surface area contributed by atoms with E-state index in [1.54, 1.807) is 6.92 Å². The van der Waals surface area contributed by atoms with Crippen LogP contribution in [0.15, 0.2) is 0 Å². The van der Waals surface area contributed by atoms with Gasteiger partial charge in [-0.05, 0) is 13.3 Å². The molecule has 0 saturated heterocycles. The Morgan fingerprint density at radius 3 is 2.35 bits per heavy atom. The maximum absolute atomic E-state index is 12.0. The van der Waals surface area contributed by atoms with Crippen molar-refractivity contribution in [2.45, 2.75) is 52.5 Å². The number of ether oxygens (including phenoxy) is 1. The van der Waals surface area contributed by atoms with Crippen molar-refractivity contribution in [3.05, 3.63) is 11.4 Å². The molecule has 1 atom stereocenters. The molecule has 2 N–H and O–H groups in total. The Morgan fingerprint density at radius 1 is 1.35 bits per heavy atom. The van der Waals surface area contributed by atoms with Crippen LogP contribution in [0.25, 0.3) is 0 Å². The van der Waals surface area contributed by atoms with Crippen LogP contribution in [-0.4, -0.2) is 33.5 Å². The summed E-state index contributed by atoms with van der Waals surface area (Å²) in [5.74, 6) is -1.04. The third-order valence-corrected chi connectivity index (χ3v) is 2.88. The van der Waals surface area contributed by atoms with Gasteiger partial charge >= 0.3 is 5.97 Å². The third kappa shape index (κ3) is 3.15. The molecule has 0 fully saturated rings. The quantitative estimate of drug-likeness (QED) is 0.817. The van der Waals surface area contributed by atoms with Crippen molar-refractivity contribution < 1.29 is 14.3 Å². The van der Waals surface area contributed by atoms with E-state index in [-0.39, 0.29) is 12.3 Å². The largest absolute Gasteiger partial charge is 0.461 e. The molecule has 0 radical (unpaired) electrons. The Hall–Kier alpha value is -1.92. The molecule has 0 bridgehead atoms. The molecule has 0 aliphatic carbocycles. The molecule has 0 aliphatic rings. The molecule has 112 valence electrons. The number of amides is 1. The molecule has 7 heteroatoms. The van der Waals surface area contributed by atoms with Crippen LogP contribution < -0.4 is 5.73 Å².